The highest BCUT2D eigenvalue weighted by molar-refractivity contribution is 7.80. The monoisotopic (exact) mass is 496 g/mol. The van der Waals surface area contributed by atoms with Crippen LogP contribution < -0.4 is 0 Å². The van der Waals surface area contributed by atoms with Gasteiger partial charge in [0.15, 0.2) is 8.32 Å². The van der Waals surface area contributed by atoms with Crippen molar-refractivity contribution in [3.63, 3.8) is 0 Å². The Morgan fingerprint density at radius 1 is 1.06 bits per heavy atom. The molecule has 3 nitrogen and oxygen atoms in total. The van der Waals surface area contributed by atoms with Gasteiger partial charge in [0, 0.05) is 31.5 Å². The summed E-state index contributed by atoms with van der Waals surface area (Å²) in [5.41, 5.74) is 3.87. The number of hydrogen-bond donors (Lipinski definition) is 0. The number of fused-ring (bicyclic) bond motifs is 4. The van der Waals surface area contributed by atoms with E-state index in [1.54, 1.807) is 12.1 Å². The molecule has 0 amide bonds. The number of piperidine rings is 3. The van der Waals surface area contributed by atoms with E-state index in [0.717, 1.165) is 43.1 Å². The molecule has 1 unspecified atom stereocenters. The van der Waals surface area contributed by atoms with Crippen LogP contribution in [-0.4, -0.2) is 55.9 Å². The first-order valence-corrected chi connectivity index (χ1v) is 16.5. The summed E-state index contributed by atoms with van der Waals surface area (Å²) in [6, 6.07) is 15.7. The van der Waals surface area contributed by atoms with Gasteiger partial charge in [0.05, 0.1) is 11.0 Å². The summed E-state index contributed by atoms with van der Waals surface area (Å²) in [4.78, 5) is 6.09. The van der Waals surface area contributed by atoms with E-state index in [4.69, 9.17) is 16.6 Å². The maximum atomic E-state index is 13.8. The largest absolute Gasteiger partial charge is 0.417 e. The van der Waals surface area contributed by atoms with Crippen LogP contribution in [0.15, 0.2) is 48.5 Å². The third-order valence-electron chi connectivity index (χ3n) is 8.08. The van der Waals surface area contributed by atoms with Crippen LogP contribution in [0.5, 0.6) is 0 Å². The molecule has 2 aromatic carbocycles. The molecule has 2 aromatic rings. The lowest BCUT2D eigenvalue weighted by Gasteiger charge is -2.55. The van der Waals surface area contributed by atoms with Crippen molar-refractivity contribution in [3.05, 3.63) is 71.0 Å². The zero-order valence-corrected chi connectivity index (χ0v) is 22.5. The Bertz CT molecular complexity index is 1030. The van der Waals surface area contributed by atoms with Gasteiger partial charge in [-0.2, -0.15) is 0 Å². The number of benzene rings is 2. The van der Waals surface area contributed by atoms with Crippen LogP contribution in [0, 0.1) is 17.2 Å². The summed E-state index contributed by atoms with van der Waals surface area (Å²) in [5.74, 6) is 0.477. The Labute approximate surface area is 210 Å². The molecule has 6 rings (SSSR count). The van der Waals surface area contributed by atoms with E-state index in [1.807, 2.05) is 12.1 Å². The van der Waals surface area contributed by atoms with Crippen molar-refractivity contribution in [2.75, 3.05) is 32.8 Å². The van der Waals surface area contributed by atoms with E-state index in [1.165, 1.54) is 37.1 Å². The average molecular weight is 497 g/mol. The van der Waals surface area contributed by atoms with Crippen LogP contribution in [0.3, 0.4) is 0 Å². The van der Waals surface area contributed by atoms with Crippen molar-refractivity contribution in [1.82, 2.24) is 9.80 Å². The van der Waals surface area contributed by atoms with Gasteiger partial charge in [-0.25, -0.2) is 4.39 Å². The minimum atomic E-state index is -1.64. The van der Waals surface area contributed by atoms with Gasteiger partial charge < -0.3 is 14.2 Å². The van der Waals surface area contributed by atoms with Gasteiger partial charge in [-0.1, -0.05) is 48.6 Å². The maximum Gasteiger partial charge on any atom is 0.183 e. The molecule has 0 aromatic heterocycles. The Morgan fingerprint density at radius 2 is 1.76 bits per heavy atom. The first-order valence-electron chi connectivity index (χ1n) is 12.7. The second-order valence-electron chi connectivity index (χ2n) is 11.5. The van der Waals surface area contributed by atoms with Crippen LogP contribution in [0.1, 0.15) is 42.0 Å². The topological polar surface area (TPSA) is 15.7 Å². The van der Waals surface area contributed by atoms with Gasteiger partial charge in [0.1, 0.15) is 5.82 Å². The highest BCUT2D eigenvalue weighted by Crippen LogP contribution is 2.47. The zero-order valence-electron chi connectivity index (χ0n) is 20.7. The minimum Gasteiger partial charge on any atom is -0.417 e. The van der Waals surface area contributed by atoms with Gasteiger partial charge in [0.2, 0.25) is 0 Å². The molecule has 182 valence electrons. The van der Waals surface area contributed by atoms with Gasteiger partial charge in [-0.15, -0.1) is 0 Å². The minimum absolute atomic E-state index is 0.0362. The Hall–Kier alpha value is -1.60. The van der Waals surface area contributed by atoms with Crippen molar-refractivity contribution >= 4 is 25.5 Å². The van der Waals surface area contributed by atoms with Gasteiger partial charge >= 0.3 is 0 Å². The fourth-order valence-corrected chi connectivity index (χ4v) is 7.50. The van der Waals surface area contributed by atoms with Crippen LogP contribution in [0.25, 0.3) is 0 Å². The number of nitrogens with zero attached hydrogens (tertiary/aromatic N) is 2. The molecule has 0 radical (unpaired) electrons. The molecule has 0 spiro atoms. The predicted octanol–water partition coefficient (Wildman–Crippen LogP) is 6.05. The highest BCUT2D eigenvalue weighted by Gasteiger charge is 2.48. The summed E-state index contributed by atoms with van der Waals surface area (Å²) < 4.78 is 20.4. The lowest BCUT2D eigenvalue weighted by molar-refractivity contribution is -0.0539. The first-order chi connectivity index (χ1) is 16.2. The third-order valence-corrected chi connectivity index (χ3v) is 9.47. The third kappa shape index (κ3) is 4.88. The fraction of sp³-hybridized carbons (Fsp3) is 0.536. The lowest BCUT2D eigenvalue weighted by atomic mass is 9.65. The summed E-state index contributed by atoms with van der Waals surface area (Å²) >= 11 is 6.27. The van der Waals surface area contributed by atoms with Crippen LogP contribution in [0.2, 0.25) is 19.6 Å². The highest BCUT2D eigenvalue weighted by atomic mass is 32.1. The number of halogens is 1. The normalized spacial score (nSPS) is 28.6. The fourth-order valence-electron chi connectivity index (χ4n) is 6.30. The van der Waals surface area contributed by atoms with E-state index in [0.29, 0.717) is 5.92 Å². The standard InChI is InChI=1S/C28H37FN2OSSi/c1-34(2,3)32-20-28(19-30-15-13-23(28)14-16-30)18-26(33)31-17-12-21-6-4-5-7-25(21)27(31)22-8-10-24(29)11-9-22/h4-11,23,27H,12-20H2,1-3H3/t27-,28?/m0/s1. The molecule has 4 aliphatic heterocycles. The molecule has 3 saturated heterocycles. The first kappa shape index (κ1) is 24.1. The summed E-state index contributed by atoms with van der Waals surface area (Å²) in [6.07, 6.45) is 4.39. The van der Waals surface area contributed by atoms with Crippen molar-refractivity contribution in [2.45, 2.75) is 51.4 Å². The number of hydrogen-bond acceptors (Lipinski definition) is 3. The van der Waals surface area contributed by atoms with Crippen molar-refractivity contribution in [1.29, 1.82) is 0 Å². The van der Waals surface area contributed by atoms with E-state index < -0.39 is 8.32 Å². The molecule has 2 bridgehead atoms. The van der Waals surface area contributed by atoms with E-state index in [2.05, 4.69) is 53.7 Å². The molecule has 6 heteroatoms. The number of rotatable bonds is 6. The van der Waals surface area contributed by atoms with E-state index >= 15 is 0 Å². The molecule has 3 fully saturated rings. The lowest BCUT2D eigenvalue weighted by Crippen LogP contribution is -2.59. The Morgan fingerprint density at radius 3 is 2.41 bits per heavy atom. The molecular weight excluding hydrogens is 459 g/mol. The zero-order chi connectivity index (χ0) is 23.9. The molecule has 4 aliphatic rings. The number of thiocarbonyl (C=S) groups is 1. The second kappa shape index (κ2) is 9.45. The predicted molar refractivity (Wildman–Crippen MR) is 143 cm³/mol. The molecule has 0 saturated carbocycles. The van der Waals surface area contributed by atoms with Crippen molar-refractivity contribution in [3.8, 4) is 0 Å². The van der Waals surface area contributed by atoms with E-state index in [9.17, 15) is 4.39 Å². The smallest absolute Gasteiger partial charge is 0.183 e. The Kier molecular flexibility index (Phi) is 6.70. The molecular formula is C28H37FN2OSSi. The van der Waals surface area contributed by atoms with Gasteiger partial charge in [-0.3, -0.25) is 0 Å². The summed E-state index contributed by atoms with van der Waals surface area (Å²) in [6.45, 7) is 12.1. The van der Waals surface area contributed by atoms with E-state index in [-0.39, 0.29) is 17.3 Å². The molecule has 0 N–H and O–H groups in total. The van der Waals surface area contributed by atoms with Crippen molar-refractivity contribution < 1.29 is 8.82 Å². The average Bonchev–Trinajstić information content (AvgIpc) is 2.83. The van der Waals surface area contributed by atoms with Crippen LogP contribution in [-0.2, 0) is 10.8 Å². The van der Waals surface area contributed by atoms with Crippen LogP contribution >= 0.6 is 12.2 Å². The van der Waals surface area contributed by atoms with Crippen molar-refractivity contribution in [2.24, 2.45) is 11.3 Å². The van der Waals surface area contributed by atoms with Gasteiger partial charge in [0.25, 0.3) is 0 Å². The SMILES string of the molecule is C[Si](C)(C)OCC1(CC(=S)N2CCc3ccccc3[C@@H]2c2ccc(F)cc2)CN2CCC1CC2. The van der Waals surface area contributed by atoms with Gasteiger partial charge in [-0.05, 0) is 86.7 Å². The molecule has 2 atom stereocenters. The summed E-state index contributed by atoms with van der Waals surface area (Å²) in [5, 5.41) is 0. The maximum absolute atomic E-state index is 13.8. The van der Waals surface area contributed by atoms with Crippen LogP contribution in [0.4, 0.5) is 4.39 Å². The molecule has 0 aliphatic carbocycles. The summed E-state index contributed by atoms with van der Waals surface area (Å²) in [7, 11) is -1.64. The Balaban J connectivity index is 1.46. The second-order valence-corrected chi connectivity index (χ2v) is 16.5. The quantitative estimate of drug-likeness (QED) is 0.357. The molecule has 34 heavy (non-hydrogen) atoms. The molecule has 4 heterocycles.